The Bertz CT molecular complexity index is 758. The van der Waals surface area contributed by atoms with Crippen LogP contribution in [0.2, 0.25) is 0 Å². The maximum Gasteiger partial charge on any atom is 0.335 e. The summed E-state index contributed by atoms with van der Waals surface area (Å²) in [6, 6.07) is 11.2. The average molecular weight is 392 g/mol. The molecule has 0 atom stereocenters. The van der Waals surface area contributed by atoms with Crippen LogP contribution in [0.4, 0.5) is 5.69 Å². The lowest BCUT2D eigenvalue weighted by atomic mass is 10.1. The van der Waals surface area contributed by atoms with E-state index in [1.165, 1.54) is 12.1 Å². The van der Waals surface area contributed by atoms with Gasteiger partial charge in [-0.15, -0.1) is 0 Å². The first-order valence-electron chi connectivity index (χ1n) is 7.44. The van der Waals surface area contributed by atoms with Crippen molar-refractivity contribution in [1.29, 1.82) is 0 Å². The minimum atomic E-state index is -1.04. The largest absolute Gasteiger partial charge is 0.492 e. The molecule has 6 heteroatoms. The number of nitrogens with one attached hydrogen (secondary N) is 1. The number of carbonyl (C=O) groups is 2. The molecule has 0 aliphatic carbocycles. The summed E-state index contributed by atoms with van der Waals surface area (Å²) < 4.78 is 6.34. The first-order valence-corrected chi connectivity index (χ1v) is 8.23. The molecule has 0 bridgehead atoms. The molecule has 1 amide bonds. The molecule has 0 saturated heterocycles. The number of halogens is 1. The quantitative estimate of drug-likeness (QED) is 0.763. The molecule has 0 aliphatic heterocycles. The zero-order valence-corrected chi connectivity index (χ0v) is 15.0. The number of carbonyl (C=O) groups excluding carboxylic acids is 1. The molecule has 5 nitrogen and oxygen atoms in total. The van der Waals surface area contributed by atoms with Crippen LogP contribution in [0.15, 0.2) is 46.9 Å². The van der Waals surface area contributed by atoms with E-state index in [0.717, 1.165) is 0 Å². The van der Waals surface area contributed by atoms with Crippen LogP contribution < -0.4 is 10.1 Å². The molecule has 126 valence electrons. The predicted molar refractivity (Wildman–Crippen MR) is 95.8 cm³/mol. The van der Waals surface area contributed by atoms with Crippen LogP contribution in [-0.2, 0) is 0 Å². The summed E-state index contributed by atoms with van der Waals surface area (Å²) in [6.45, 7) is 4.70. The van der Waals surface area contributed by atoms with Crippen molar-refractivity contribution in [3.63, 3.8) is 0 Å². The van der Waals surface area contributed by atoms with Crippen LogP contribution in [0.1, 0.15) is 34.6 Å². The molecule has 0 aliphatic rings. The van der Waals surface area contributed by atoms with Gasteiger partial charge in [0.2, 0.25) is 0 Å². The molecule has 0 unspecified atom stereocenters. The van der Waals surface area contributed by atoms with E-state index in [1.807, 2.05) is 0 Å². The van der Waals surface area contributed by atoms with Crippen molar-refractivity contribution in [2.75, 3.05) is 11.9 Å². The highest BCUT2D eigenvalue weighted by Crippen LogP contribution is 2.27. The monoisotopic (exact) mass is 391 g/mol. The number of hydrogen-bond donors (Lipinski definition) is 2. The van der Waals surface area contributed by atoms with Crippen molar-refractivity contribution in [2.24, 2.45) is 5.92 Å². The summed E-state index contributed by atoms with van der Waals surface area (Å²) in [5.74, 6) is -0.288. The van der Waals surface area contributed by atoms with Gasteiger partial charge in [0.1, 0.15) is 5.75 Å². The summed E-state index contributed by atoms with van der Waals surface area (Å²) in [6.07, 6.45) is 0. The summed E-state index contributed by atoms with van der Waals surface area (Å²) in [7, 11) is 0. The lowest BCUT2D eigenvalue weighted by Gasteiger charge is -2.12. The number of carboxylic acid groups (broad SMARTS) is 1. The first-order chi connectivity index (χ1) is 11.4. The zero-order chi connectivity index (χ0) is 17.7. The Morgan fingerprint density at radius 3 is 2.54 bits per heavy atom. The highest BCUT2D eigenvalue weighted by atomic mass is 79.9. The highest BCUT2D eigenvalue weighted by molar-refractivity contribution is 9.10. The fourth-order valence-corrected chi connectivity index (χ4v) is 2.44. The third-order valence-corrected chi connectivity index (χ3v) is 3.75. The average Bonchev–Trinajstić information content (AvgIpc) is 2.53. The van der Waals surface area contributed by atoms with Gasteiger partial charge >= 0.3 is 5.97 Å². The van der Waals surface area contributed by atoms with Crippen molar-refractivity contribution in [1.82, 2.24) is 0 Å². The molecule has 0 radical (unpaired) electrons. The van der Waals surface area contributed by atoms with Crippen molar-refractivity contribution in [3.05, 3.63) is 58.1 Å². The number of hydrogen-bond acceptors (Lipinski definition) is 3. The Morgan fingerprint density at radius 1 is 1.17 bits per heavy atom. The number of ether oxygens (including phenoxy) is 1. The van der Waals surface area contributed by atoms with E-state index in [1.54, 1.807) is 30.3 Å². The van der Waals surface area contributed by atoms with Gasteiger partial charge in [0.25, 0.3) is 5.91 Å². The summed E-state index contributed by atoms with van der Waals surface area (Å²) in [5.41, 5.74) is 0.988. The van der Waals surface area contributed by atoms with Crippen LogP contribution in [0, 0.1) is 5.92 Å². The molecule has 2 aromatic carbocycles. The maximum atomic E-state index is 12.3. The standard InChI is InChI=1S/C18H18BrNO4/c1-11(2)10-24-16-7-6-12(9-15(16)19)17(21)20-14-5-3-4-13(8-14)18(22)23/h3-9,11H,10H2,1-2H3,(H,20,21)(H,22,23). The lowest BCUT2D eigenvalue weighted by Crippen LogP contribution is -2.13. The number of benzene rings is 2. The Kier molecular flexibility index (Phi) is 5.98. The molecular weight excluding hydrogens is 374 g/mol. The van der Waals surface area contributed by atoms with Gasteiger partial charge < -0.3 is 15.2 Å². The molecule has 2 N–H and O–H groups in total. The van der Waals surface area contributed by atoms with E-state index in [9.17, 15) is 9.59 Å². The first kappa shape index (κ1) is 18.0. The van der Waals surface area contributed by atoms with Gasteiger partial charge in [-0.25, -0.2) is 4.79 Å². The predicted octanol–water partition coefficient (Wildman–Crippen LogP) is 4.43. The Balaban J connectivity index is 2.11. The van der Waals surface area contributed by atoms with E-state index < -0.39 is 5.97 Å². The molecule has 0 spiro atoms. The summed E-state index contributed by atoms with van der Waals surface area (Å²) >= 11 is 3.40. The number of anilines is 1. The van der Waals surface area contributed by atoms with Crippen LogP contribution in [0.3, 0.4) is 0 Å². The molecule has 0 heterocycles. The molecule has 0 saturated carbocycles. The van der Waals surface area contributed by atoms with Gasteiger partial charge in [0.05, 0.1) is 16.6 Å². The smallest absolute Gasteiger partial charge is 0.335 e. The van der Waals surface area contributed by atoms with Crippen LogP contribution in [0.5, 0.6) is 5.75 Å². The number of rotatable bonds is 6. The second-order valence-electron chi connectivity index (χ2n) is 5.69. The van der Waals surface area contributed by atoms with Crippen molar-refractivity contribution in [2.45, 2.75) is 13.8 Å². The van der Waals surface area contributed by atoms with Gasteiger partial charge in [0.15, 0.2) is 0 Å². The number of amides is 1. The number of carboxylic acids is 1. The van der Waals surface area contributed by atoms with E-state index >= 15 is 0 Å². The fourth-order valence-electron chi connectivity index (χ4n) is 1.95. The van der Waals surface area contributed by atoms with Gasteiger partial charge in [-0.2, -0.15) is 0 Å². The van der Waals surface area contributed by atoms with E-state index in [-0.39, 0.29) is 11.5 Å². The lowest BCUT2D eigenvalue weighted by molar-refractivity contribution is 0.0696. The molecule has 2 aromatic rings. The fraction of sp³-hybridized carbons (Fsp3) is 0.222. The molecule has 2 rings (SSSR count). The second kappa shape index (κ2) is 7.97. The van der Waals surface area contributed by atoms with Gasteiger partial charge in [-0.05, 0) is 58.2 Å². The van der Waals surface area contributed by atoms with Crippen LogP contribution in [0.25, 0.3) is 0 Å². The van der Waals surface area contributed by atoms with E-state index in [4.69, 9.17) is 9.84 Å². The highest BCUT2D eigenvalue weighted by Gasteiger charge is 2.11. The second-order valence-corrected chi connectivity index (χ2v) is 6.54. The number of aromatic carboxylic acids is 1. The van der Waals surface area contributed by atoms with Crippen molar-refractivity contribution in [3.8, 4) is 5.75 Å². The Labute approximate surface area is 148 Å². The van der Waals surface area contributed by atoms with E-state index in [2.05, 4.69) is 35.1 Å². The SMILES string of the molecule is CC(C)COc1ccc(C(=O)Nc2cccc(C(=O)O)c2)cc1Br. The molecular formula is C18H18BrNO4. The molecule has 0 aromatic heterocycles. The summed E-state index contributed by atoms with van der Waals surface area (Å²) in [4.78, 5) is 23.3. The van der Waals surface area contributed by atoms with Crippen LogP contribution in [-0.4, -0.2) is 23.6 Å². The third kappa shape index (κ3) is 4.83. The van der Waals surface area contributed by atoms with Crippen molar-refractivity contribution < 1.29 is 19.4 Å². The minimum absolute atomic E-state index is 0.117. The van der Waals surface area contributed by atoms with Crippen LogP contribution >= 0.6 is 15.9 Å². The normalized spacial score (nSPS) is 10.5. The molecule has 24 heavy (non-hydrogen) atoms. The zero-order valence-electron chi connectivity index (χ0n) is 13.4. The van der Waals surface area contributed by atoms with Gasteiger partial charge in [0, 0.05) is 11.3 Å². The van der Waals surface area contributed by atoms with E-state index in [0.29, 0.717) is 34.0 Å². The molecule has 0 fully saturated rings. The summed E-state index contributed by atoms with van der Waals surface area (Å²) in [5, 5.41) is 11.7. The minimum Gasteiger partial charge on any atom is -0.492 e. The Hall–Kier alpha value is -2.34. The Morgan fingerprint density at radius 2 is 1.92 bits per heavy atom. The van der Waals surface area contributed by atoms with Crippen molar-refractivity contribution >= 4 is 33.5 Å². The topological polar surface area (TPSA) is 75.6 Å². The third-order valence-electron chi connectivity index (χ3n) is 3.13. The van der Waals surface area contributed by atoms with Gasteiger partial charge in [-0.1, -0.05) is 19.9 Å². The maximum absolute atomic E-state index is 12.3. The van der Waals surface area contributed by atoms with Gasteiger partial charge in [-0.3, -0.25) is 4.79 Å².